The van der Waals surface area contributed by atoms with Crippen molar-refractivity contribution in [2.75, 3.05) is 34.2 Å². The molecule has 0 radical (unpaired) electrons. The van der Waals surface area contributed by atoms with Crippen LogP contribution < -0.4 is 16.6 Å². The number of esters is 1. The predicted octanol–water partition coefficient (Wildman–Crippen LogP) is -1.29. The first-order valence-corrected chi connectivity index (χ1v) is 7.75. The third kappa shape index (κ3) is 22.6. The minimum Gasteiger partial charge on any atom is -0.550 e. The molecule has 150 valence electrons. The molecule has 0 fully saturated rings. The van der Waals surface area contributed by atoms with Crippen molar-refractivity contribution in [3.05, 3.63) is 0 Å². The van der Waals surface area contributed by atoms with Crippen LogP contribution >= 0.6 is 12.4 Å². The van der Waals surface area contributed by atoms with Crippen molar-refractivity contribution in [3.8, 4) is 0 Å². The highest BCUT2D eigenvalue weighted by atomic mass is 35.5. The number of halogens is 1. The Bertz CT molecular complexity index is 385. The number of hydrogen-bond acceptors (Lipinski definition) is 7. The van der Waals surface area contributed by atoms with Crippen molar-refractivity contribution in [2.24, 2.45) is 11.5 Å². The van der Waals surface area contributed by atoms with E-state index >= 15 is 0 Å². The highest BCUT2D eigenvalue weighted by Gasteiger charge is 2.20. The lowest BCUT2D eigenvalue weighted by molar-refractivity contribution is -0.873. The summed E-state index contributed by atoms with van der Waals surface area (Å²) < 4.78 is 5.39. The van der Waals surface area contributed by atoms with Crippen molar-refractivity contribution in [1.82, 2.24) is 0 Å². The number of unbranched alkanes of at least 4 members (excludes halogenated alkanes) is 1. The van der Waals surface area contributed by atoms with Crippen molar-refractivity contribution < 1.29 is 33.8 Å². The summed E-state index contributed by atoms with van der Waals surface area (Å²) in [5.74, 6) is -2.61. The SMILES string of the molecule is CC(=O)O[C@H](CC(=O)[O-])C[N+](C)(C)C.Cl.NCCCCC(N)C(=O)O. The number of rotatable bonds is 10. The van der Waals surface area contributed by atoms with Gasteiger partial charge < -0.3 is 35.7 Å². The van der Waals surface area contributed by atoms with Crippen LogP contribution in [0.5, 0.6) is 0 Å². The molecule has 0 spiro atoms. The smallest absolute Gasteiger partial charge is 0.320 e. The average molecular weight is 386 g/mol. The fourth-order valence-corrected chi connectivity index (χ4v) is 1.81. The molecule has 0 rings (SSSR count). The molecule has 0 amide bonds. The van der Waals surface area contributed by atoms with E-state index in [0.29, 0.717) is 24.0 Å². The number of carboxylic acids is 2. The molecule has 9 nitrogen and oxygen atoms in total. The lowest BCUT2D eigenvalue weighted by Crippen LogP contribution is -2.45. The lowest BCUT2D eigenvalue weighted by Gasteiger charge is -2.28. The van der Waals surface area contributed by atoms with E-state index in [1.54, 1.807) is 0 Å². The van der Waals surface area contributed by atoms with Crippen LogP contribution in [-0.2, 0) is 19.1 Å². The summed E-state index contributed by atoms with van der Waals surface area (Å²) in [5, 5.41) is 18.7. The topological polar surface area (TPSA) is 156 Å². The van der Waals surface area contributed by atoms with Crippen LogP contribution in [0, 0.1) is 0 Å². The zero-order valence-electron chi connectivity index (χ0n) is 15.4. The van der Waals surface area contributed by atoms with Gasteiger partial charge in [-0.25, -0.2) is 0 Å². The van der Waals surface area contributed by atoms with E-state index in [4.69, 9.17) is 21.3 Å². The minimum atomic E-state index is -1.20. The van der Waals surface area contributed by atoms with Crippen molar-refractivity contribution in [2.45, 2.75) is 44.8 Å². The van der Waals surface area contributed by atoms with Crippen molar-refractivity contribution >= 4 is 30.3 Å². The summed E-state index contributed by atoms with van der Waals surface area (Å²) in [7, 11) is 5.68. The predicted molar refractivity (Wildman–Crippen MR) is 93.8 cm³/mol. The van der Waals surface area contributed by atoms with Gasteiger partial charge in [-0.3, -0.25) is 9.59 Å². The third-order valence-electron chi connectivity index (χ3n) is 2.76. The Kier molecular flexibility index (Phi) is 16.9. The molecule has 0 saturated heterocycles. The van der Waals surface area contributed by atoms with Gasteiger partial charge in [-0.2, -0.15) is 0 Å². The number of carbonyl (C=O) groups is 3. The van der Waals surface area contributed by atoms with Gasteiger partial charge in [0.25, 0.3) is 0 Å². The minimum absolute atomic E-state index is 0. The first-order valence-electron chi connectivity index (χ1n) is 7.75. The monoisotopic (exact) mass is 385 g/mol. The number of carbonyl (C=O) groups excluding carboxylic acids is 2. The molecule has 0 heterocycles. The van der Waals surface area contributed by atoms with E-state index in [1.165, 1.54) is 6.92 Å². The van der Waals surface area contributed by atoms with Gasteiger partial charge in [0.1, 0.15) is 12.6 Å². The van der Waals surface area contributed by atoms with Gasteiger partial charge in [0.05, 0.1) is 21.1 Å². The second kappa shape index (κ2) is 14.9. The average Bonchev–Trinajstić information content (AvgIpc) is 2.35. The van der Waals surface area contributed by atoms with Crippen LogP contribution in [-0.4, -0.2) is 73.9 Å². The Morgan fingerprint density at radius 2 is 1.72 bits per heavy atom. The number of nitrogens with zero attached hydrogens (tertiary/aromatic N) is 1. The largest absolute Gasteiger partial charge is 0.550 e. The van der Waals surface area contributed by atoms with E-state index in [9.17, 15) is 19.5 Å². The normalized spacial score (nSPS) is 12.7. The Balaban J connectivity index is -0.000000392. The second-order valence-electron chi connectivity index (χ2n) is 6.51. The van der Waals surface area contributed by atoms with Crippen LogP contribution in [0.1, 0.15) is 32.6 Å². The van der Waals surface area contributed by atoms with E-state index in [2.05, 4.69) is 0 Å². The summed E-state index contributed by atoms with van der Waals surface area (Å²) in [6.45, 7) is 2.32. The zero-order valence-corrected chi connectivity index (χ0v) is 16.2. The summed E-state index contributed by atoms with van der Waals surface area (Å²) >= 11 is 0. The first-order chi connectivity index (χ1) is 10.9. The molecule has 0 saturated carbocycles. The molecule has 0 aromatic carbocycles. The Morgan fingerprint density at radius 3 is 2.04 bits per heavy atom. The van der Waals surface area contributed by atoms with Gasteiger partial charge in [-0.15, -0.1) is 12.4 Å². The second-order valence-corrected chi connectivity index (χ2v) is 6.51. The van der Waals surface area contributed by atoms with Crippen LogP contribution in [0.3, 0.4) is 0 Å². The summed E-state index contributed by atoms with van der Waals surface area (Å²) in [6, 6.07) is -0.716. The van der Waals surface area contributed by atoms with Gasteiger partial charge >= 0.3 is 11.9 Å². The van der Waals surface area contributed by atoms with E-state index in [0.717, 1.165) is 12.8 Å². The molecular weight excluding hydrogens is 354 g/mol. The number of carboxylic acid groups (broad SMARTS) is 2. The third-order valence-corrected chi connectivity index (χ3v) is 2.76. The molecule has 1 unspecified atom stereocenters. The van der Waals surface area contributed by atoms with Gasteiger partial charge in [0.15, 0.2) is 6.10 Å². The molecule has 0 bridgehead atoms. The molecular formula is C15H32ClN3O6. The van der Waals surface area contributed by atoms with Crippen LogP contribution in [0.2, 0.25) is 0 Å². The number of quaternary nitrogens is 1. The van der Waals surface area contributed by atoms with E-state index < -0.39 is 30.1 Å². The van der Waals surface area contributed by atoms with Crippen molar-refractivity contribution in [1.29, 1.82) is 0 Å². The van der Waals surface area contributed by atoms with Gasteiger partial charge in [0, 0.05) is 19.3 Å². The number of likely N-dealkylation sites (N-methyl/N-ethyl adjacent to an activating group) is 1. The molecule has 0 aliphatic heterocycles. The Morgan fingerprint density at radius 1 is 1.20 bits per heavy atom. The Labute approximate surface area is 155 Å². The van der Waals surface area contributed by atoms with E-state index in [1.807, 2.05) is 21.1 Å². The number of aliphatic carboxylic acids is 2. The molecule has 0 aliphatic carbocycles. The summed E-state index contributed by atoms with van der Waals surface area (Å²) in [6.07, 6.45) is 1.30. The van der Waals surface area contributed by atoms with Crippen LogP contribution in [0.4, 0.5) is 0 Å². The molecule has 0 aromatic heterocycles. The van der Waals surface area contributed by atoms with Gasteiger partial charge in [0.2, 0.25) is 0 Å². The molecule has 5 N–H and O–H groups in total. The molecule has 0 aromatic rings. The standard InChI is InChI=1S/C9H17NO4.C6H14N2O2.ClH/c1-7(11)14-8(5-9(12)13)6-10(2,3)4;7-4-2-1-3-5(8)6(9)10;/h8H,5-6H2,1-4H3;5H,1-4,7-8H2,(H,9,10);1H/t8-;;/m1../s1. The van der Waals surface area contributed by atoms with E-state index in [-0.39, 0.29) is 18.8 Å². The number of ether oxygens (including phenoxy) is 1. The summed E-state index contributed by atoms with van der Waals surface area (Å²) in [5.41, 5.74) is 10.4. The molecule has 0 aliphatic rings. The van der Waals surface area contributed by atoms with Gasteiger partial charge in [-0.1, -0.05) is 6.42 Å². The fourth-order valence-electron chi connectivity index (χ4n) is 1.81. The first kappa shape index (κ1) is 28.4. The summed E-state index contributed by atoms with van der Waals surface area (Å²) in [4.78, 5) is 31.2. The maximum Gasteiger partial charge on any atom is 0.320 e. The lowest BCUT2D eigenvalue weighted by atomic mass is 10.1. The maximum atomic E-state index is 10.7. The van der Waals surface area contributed by atoms with Crippen LogP contribution in [0.25, 0.3) is 0 Å². The fraction of sp³-hybridized carbons (Fsp3) is 0.800. The van der Waals surface area contributed by atoms with Crippen molar-refractivity contribution in [3.63, 3.8) is 0 Å². The number of hydrogen-bond donors (Lipinski definition) is 3. The van der Waals surface area contributed by atoms with Gasteiger partial charge in [-0.05, 0) is 19.4 Å². The molecule has 2 atom stereocenters. The highest BCUT2D eigenvalue weighted by molar-refractivity contribution is 5.85. The van der Waals surface area contributed by atoms with Crippen LogP contribution in [0.15, 0.2) is 0 Å². The number of nitrogens with two attached hydrogens (primary N) is 2. The zero-order chi connectivity index (χ0) is 19.3. The molecule has 10 heteroatoms. The highest BCUT2D eigenvalue weighted by Crippen LogP contribution is 2.04. The Hall–Kier alpha value is -1.42. The maximum absolute atomic E-state index is 10.7. The molecule has 25 heavy (non-hydrogen) atoms. The quantitative estimate of drug-likeness (QED) is 0.238.